The number of carbonyl (C=O) groups is 1. The van der Waals surface area contributed by atoms with Crippen molar-refractivity contribution in [3.05, 3.63) is 41.6 Å². The second kappa shape index (κ2) is 6.86. The zero-order valence-electron chi connectivity index (χ0n) is 14.7. The molecule has 2 aliphatic heterocycles. The highest BCUT2D eigenvalue weighted by Gasteiger charge is 2.24. The van der Waals surface area contributed by atoms with E-state index in [1.807, 2.05) is 19.1 Å². The molecule has 2 aromatic rings. The molecule has 0 aliphatic carbocycles. The van der Waals surface area contributed by atoms with Crippen molar-refractivity contribution in [2.24, 2.45) is 0 Å². The van der Waals surface area contributed by atoms with Gasteiger partial charge >= 0.3 is 0 Å². The molecule has 2 aromatic heterocycles. The molecule has 1 N–H and O–H groups in total. The largest absolute Gasteiger partial charge is 0.356 e. The lowest BCUT2D eigenvalue weighted by Crippen LogP contribution is -2.42. The highest BCUT2D eigenvalue weighted by molar-refractivity contribution is 5.99. The number of rotatable bonds is 3. The van der Waals surface area contributed by atoms with E-state index in [1.165, 1.54) is 19.3 Å². The number of pyridine rings is 1. The third-order valence-corrected chi connectivity index (χ3v) is 5.14. The quantitative estimate of drug-likeness (QED) is 0.932. The van der Waals surface area contributed by atoms with Crippen molar-refractivity contribution in [3.8, 4) is 0 Å². The van der Waals surface area contributed by atoms with E-state index >= 15 is 0 Å². The van der Waals surface area contributed by atoms with Gasteiger partial charge in [-0.05, 0) is 44.7 Å². The molecule has 1 saturated heterocycles. The smallest absolute Gasteiger partial charge is 0.255 e. The predicted octanol–water partition coefficient (Wildman–Crippen LogP) is 2.32. The molecule has 1 atom stereocenters. The molecule has 6 nitrogen and oxygen atoms in total. The number of aryl methyl sites for hydroxylation is 2. The molecule has 2 aliphatic rings. The van der Waals surface area contributed by atoms with E-state index in [-0.39, 0.29) is 11.9 Å². The second-order valence-electron chi connectivity index (χ2n) is 7.08. The van der Waals surface area contributed by atoms with Gasteiger partial charge in [-0.3, -0.25) is 4.79 Å². The van der Waals surface area contributed by atoms with Gasteiger partial charge in [-0.15, -0.1) is 0 Å². The molecule has 0 bridgehead atoms. The molecule has 0 aromatic carbocycles. The molecule has 0 spiro atoms. The van der Waals surface area contributed by atoms with Gasteiger partial charge in [-0.1, -0.05) is 0 Å². The van der Waals surface area contributed by atoms with Gasteiger partial charge < -0.3 is 14.8 Å². The summed E-state index contributed by atoms with van der Waals surface area (Å²) in [6.45, 7) is 4.78. The van der Waals surface area contributed by atoms with Gasteiger partial charge in [-0.25, -0.2) is 9.97 Å². The van der Waals surface area contributed by atoms with Crippen LogP contribution in [0.15, 0.2) is 24.5 Å². The number of hydrogen-bond acceptors (Lipinski definition) is 4. The summed E-state index contributed by atoms with van der Waals surface area (Å²) in [5.41, 5.74) is 1.73. The molecule has 25 heavy (non-hydrogen) atoms. The molecule has 1 amide bonds. The number of hydrogen-bond donors (Lipinski definition) is 1. The zero-order valence-corrected chi connectivity index (χ0v) is 14.7. The minimum absolute atomic E-state index is 0.0149. The topological polar surface area (TPSA) is 63.1 Å². The second-order valence-corrected chi connectivity index (χ2v) is 7.08. The Bertz CT molecular complexity index is 763. The fourth-order valence-corrected chi connectivity index (χ4v) is 3.90. The maximum absolute atomic E-state index is 12.9. The van der Waals surface area contributed by atoms with Crippen LogP contribution in [0.4, 0.5) is 5.82 Å². The minimum atomic E-state index is -0.0149. The van der Waals surface area contributed by atoms with Crippen molar-refractivity contribution in [3.63, 3.8) is 0 Å². The van der Waals surface area contributed by atoms with E-state index in [9.17, 15) is 4.79 Å². The van der Waals surface area contributed by atoms with Gasteiger partial charge in [0.25, 0.3) is 5.91 Å². The van der Waals surface area contributed by atoms with Crippen molar-refractivity contribution < 1.29 is 4.79 Å². The SMILES string of the molecule is Cc1cn2c(n1)CC[C@@H](NC(=O)c1cccnc1N1CCCCC1)C2. The fourth-order valence-electron chi connectivity index (χ4n) is 3.90. The molecule has 6 heteroatoms. The number of aromatic nitrogens is 3. The number of amides is 1. The van der Waals surface area contributed by atoms with Gasteiger partial charge in [-0.2, -0.15) is 0 Å². The summed E-state index contributed by atoms with van der Waals surface area (Å²) in [5.74, 6) is 1.94. The molecule has 1 fully saturated rings. The zero-order chi connectivity index (χ0) is 17.2. The van der Waals surface area contributed by atoms with Gasteiger partial charge in [0.1, 0.15) is 11.6 Å². The number of nitrogens with one attached hydrogen (secondary N) is 1. The Morgan fingerprint density at radius 2 is 2.12 bits per heavy atom. The monoisotopic (exact) mass is 339 g/mol. The van der Waals surface area contributed by atoms with E-state index in [0.29, 0.717) is 5.56 Å². The van der Waals surface area contributed by atoms with Crippen molar-refractivity contribution in [1.29, 1.82) is 0 Å². The molecule has 4 rings (SSSR count). The third-order valence-electron chi connectivity index (χ3n) is 5.14. The Morgan fingerprint density at radius 3 is 2.96 bits per heavy atom. The van der Waals surface area contributed by atoms with E-state index < -0.39 is 0 Å². The first kappa shape index (κ1) is 16.1. The van der Waals surface area contributed by atoms with Crippen LogP contribution in [0.25, 0.3) is 0 Å². The lowest BCUT2D eigenvalue weighted by Gasteiger charge is -2.30. The van der Waals surface area contributed by atoms with Gasteiger partial charge in [0.15, 0.2) is 0 Å². The van der Waals surface area contributed by atoms with Crippen molar-refractivity contribution >= 4 is 11.7 Å². The number of carbonyl (C=O) groups excluding carboxylic acids is 1. The van der Waals surface area contributed by atoms with Crippen LogP contribution < -0.4 is 10.2 Å². The summed E-state index contributed by atoms with van der Waals surface area (Å²) >= 11 is 0. The van der Waals surface area contributed by atoms with Gasteiger partial charge in [0.2, 0.25) is 0 Å². The Kier molecular flexibility index (Phi) is 4.42. The molecule has 132 valence electrons. The first-order valence-corrected chi connectivity index (χ1v) is 9.24. The average molecular weight is 339 g/mol. The van der Waals surface area contributed by atoms with Gasteiger partial charge in [0.05, 0.1) is 11.3 Å². The van der Waals surface area contributed by atoms with Crippen LogP contribution in [0.1, 0.15) is 47.6 Å². The maximum atomic E-state index is 12.9. The fraction of sp³-hybridized carbons (Fsp3) is 0.526. The lowest BCUT2D eigenvalue weighted by molar-refractivity contribution is 0.0927. The molecule has 0 radical (unpaired) electrons. The molecule has 4 heterocycles. The molecule has 0 saturated carbocycles. The van der Waals surface area contributed by atoms with Crippen LogP contribution >= 0.6 is 0 Å². The Hall–Kier alpha value is -2.37. The van der Waals surface area contributed by atoms with E-state index in [4.69, 9.17) is 0 Å². The summed E-state index contributed by atoms with van der Waals surface area (Å²) in [7, 11) is 0. The van der Waals surface area contributed by atoms with Crippen LogP contribution in [-0.2, 0) is 13.0 Å². The average Bonchev–Trinajstić information content (AvgIpc) is 3.02. The Morgan fingerprint density at radius 1 is 1.28 bits per heavy atom. The normalized spacial score (nSPS) is 20.2. The standard InChI is InChI=1S/C19H25N5O/c1-14-12-24-13-15(7-8-17(24)21-14)22-19(25)16-6-5-9-20-18(16)23-10-3-2-4-11-23/h5-6,9,12,15H,2-4,7-8,10-11,13H2,1H3,(H,22,25)/t15-/m1/s1. The minimum Gasteiger partial charge on any atom is -0.356 e. The van der Waals surface area contributed by atoms with Crippen molar-refractivity contribution in [1.82, 2.24) is 19.9 Å². The van der Waals surface area contributed by atoms with Crippen LogP contribution in [-0.4, -0.2) is 39.6 Å². The predicted molar refractivity (Wildman–Crippen MR) is 96.8 cm³/mol. The number of fused-ring (bicyclic) bond motifs is 1. The summed E-state index contributed by atoms with van der Waals surface area (Å²) in [5, 5.41) is 3.21. The third kappa shape index (κ3) is 3.38. The molecular weight excluding hydrogens is 314 g/mol. The Labute approximate surface area is 148 Å². The van der Waals surface area contributed by atoms with Crippen LogP contribution in [0, 0.1) is 6.92 Å². The number of anilines is 1. The number of piperidine rings is 1. The first-order chi connectivity index (χ1) is 12.2. The van der Waals surface area contributed by atoms with E-state index in [1.54, 1.807) is 6.20 Å². The van der Waals surface area contributed by atoms with Crippen LogP contribution in [0.5, 0.6) is 0 Å². The molecular formula is C19H25N5O. The van der Waals surface area contributed by atoms with Crippen molar-refractivity contribution in [2.45, 2.75) is 51.6 Å². The van der Waals surface area contributed by atoms with Crippen LogP contribution in [0.3, 0.4) is 0 Å². The lowest BCUT2D eigenvalue weighted by atomic mass is 10.1. The summed E-state index contributed by atoms with van der Waals surface area (Å²) in [6, 6.07) is 3.88. The number of imidazole rings is 1. The van der Waals surface area contributed by atoms with Crippen LogP contribution in [0.2, 0.25) is 0 Å². The highest BCUT2D eigenvalue weighted by Crippen LogP contribution is 2.22. The number of nitrogens with zero attached hydrogens (tertiary/aromatic N) is 4. The summed E-state index contributed by atoms with van der Waals surface area (Å²) in [4.78, 5) is 24.2. The first-order valence-electron chi connectivity index (χ1n) is 9.24. The van der Waals surface area contributed by atoms with Gasteiger partial charge in [0, 0.05) is 44.5 Å². The van der Waals surface area contributed by atoms with E-state index in [2.05, 4.69) is 30.9 Å². The van der Waals surface area contributed by atoms with Crippen molar-refractivity contribution in [2.75, 3.05) is 18.0 Å². The highest BCUT2D eigenvalue weighted by atomic mass is 16.1. The maximum Gasteiger partial charge on any atom is 0.255 e. The molecule has 0 unspecified atom stereocenters. The summed E-state index contributed by atoms with van der Waals surface area (Å²) < 4.78 is 2.17. The summed E-state index contributed by atoms with van der Waals surface area (Å²) in [6.07, 6.45) is 9.29. The Balaban J connectivity index is 1.48. The van der Waals surface area contributed by atoms with E-state index in [0.717, 1.165) is 49.8 Å².